The molecule has 0 unspecified atom stereocenters. The molecule has 0 aromatic carbocycles. The number of alkyl halides is 1. The Kier molecular flexibility index (Phi) is 2.02. The molecule has 8 heavy (non-hydrogen) atoms. The topological polar surface area (TPSA) is 6.48 Å². The Morgan fingerprint density at radius 1 is 1.62 bits per heavy atom. The highest BCUT2D eigenvalue weighted by atomic mass is 79.9. The van der Waals surface area contributed by atoms with Gasteiger partial charge in [-0.1, -0.05) is 15.9 Å². The van der Waals surface area contributed by atoms with Crippen LogP contribution in [-0.4, -0.2) is 21.4 Å². The molecule has 0 bridgehead atoms. The zero-order valence-corrected chi connectivity index (χ0v) is 6.56. The van der Waals surface area contributed by atoms with Crippen LogP contribution in [0, 0.1) is 0 Å². The van der Waals surface area contributed by atoms with E-state index in [1.165, 1.54) is 0 Å². The van der Waals surface area contributed by atoms with Crippen molar-refractivity contribution < 1.29 is 0 Å². The molecular weight excluding hydrogens is 191 g/mol. The number of hydrogen-bond donors (Lipinski definition) is 0. The molecule has 0 aromatic rings. The maximum absolute atomic E-state index is 5.57. The minimum atomic E-state index is 0.771. The summed E-state index contributed by atoms with van der Waals surface area (Å²) in [6.45, 7) is 0.771. The van der Waals surface area contributed by atoms with Gasteiger partial charge in [0, 0.05) is 24.2 Å². The van der Waals surface area contributed by atoms with E-state index in [4.69, 9.17) is 11.8 Å². The van der Waals surface area contributed by atoms with E-state index in [0.29, 0.717) is 0 Å². The van der Waals surface area contributed by atoms with Crippen LogP contribution in [0.15, 0.2) is 12.4 Å². The van der Waals surface area contributed by atoms with Gasteiger partial charge in [-0.3, -0.25) is 4.42 Å². The van der Waals surface area contributed by atoms with Crippen LogP contribution in [0.3, 0.4) is 0 Å². The molecule has 1 aliphatic heterocycles. The van der Waals surface area contributed by atoms with E-state index in [1.807, 2.05) is 17.3 Å². The predicted molar refractivity (Wildman–Crippen MR) is 37.3 cm³/mol. The second-order valence-corrected chi connectivity index (χ2v) is 2.48. The van der Waals surface area contributed by atoms with Crippen molar-refractivity contribution in [3.05, 3.63) is 12.4 Å². The van der Waals surface area contributed by atoms with Gasteiger partial charge in [-0.25, -0.2) is 0 Å². The van der Waals surface area contributed by atoms with Gasteiger partial charge in [0.05, 0.1) is 5.45 Å². The van der Waals surface area contributed by atoms with Crippen molar-refractivity contribution in [3.63, 3.8) is 0 Å². The van der Waals surface area contributed by atoms with Crippen molar-refractivity contribution in [2.24, 2.45) is 0 Å². The van der Waals surface area contributed by atoms with Crippen molar-refractivity contribution in [1.29, 1.82) is 0 Å². The molecule has 0 radical (unpaired) electrons. The van der Waals surface area contributed by atoms with Crippen LogP contribution in [0.2, 0.25) is 0 Å². The Balaban J connectivity index is 2.34. The predicted octanol–water partition coefficient (Wildman–Crippen LogP) is 1.54. The second kappa shape index (κ2) is 2.60. The van der Waals surface area contributed by atoms with E-state index < -0.39 is 0 Å². The quantitative estimate of drug-likeness (QED) is 0.357. The number of nitrogens with zero attached hydrogens (tertiary/aromatic N) is 2. The second-order valence-electron chi connectivity index (χ2n) is 1.55. The van der Waals surface area contributed by atoms with E-state index >= 15 is 0 Å². The molecule has 0 atom stereocenters. The Labute approximate surface area is 61.9 Å². The summed E-state index contributed by atoms with van der Waals surface area (Å²) >= 11 is 8.86. The molecule has 0 aliphatic carbocycles. The molecule has 0 saturated heterocycles. The Bertz CT molecular complexity index is 106. The minimum absolute atomic E-state index is 0.771. The largest absolute Gasteiger partial charge is 0.348 e. The van der Waals surface area contributed by atoms with Crippen LogP contribution in [0.1, 0.15) is 0 Å². The molecular formula is C4H6BrClN2. The Hall–Kier alpha value is 0.110. The van der Waals surface area contributed by atoms with Gasteiger partial charge in [-0.15, -0.1) is 0 Å². The molecule has 0 saturated carbocycles. The van der Waals surface area contributed by atoms with Gasteiger partial charge >= 0.3 is 0 Å². The average molecular weight is 197 g/mol. The van der Waals surface area contributed by atoms with Gasteiger partial charge in [-0.05, 0) is 0 Å². The molecule has 0 amide bonds. The van der Waals surface area contributed by atoms with Crippen LogP contribution in [-0.2, 0) is 0 Å². The van der Waals surface area contributed by atoms with Crippen molar-refractivity contribution in [3.8, 4) is 0 Å². The van der Waals surface area contributed by atoms with Crippen molar-refractivity contribution in [1.82, 2.24) is 9.32 Å². The number of halogens is 2. The third-order valence-electron chi connectivity index (χ3n) is 0.910. The first-order valence-electron chi connectivity index (χ1n) is 2.23. The van der Waals surface area contributed by atoms with Gasteiger partial charge in [0.1, 0.15) is 6.67 Å². The molecule has 1 rings (SSSR count). The monoisotopic (exact) mass is 196 g/mol. The maximum Gasteiger partial charge on any atom is 0.106 e. The lowest BCUT2D eigenvalue weighted by atomic mass is 10.9. The van der Waals surface area contributed by atoms with Crippen molar-refractivity contribution in [2.75, 3.05) is 12.1 Å². The molecule has 1 heterocycles. The summed E-state index contributed by atoms with van der Waals surface area (Å²) in [5.41, 5.74) is 0.840. The Morgan fingerprint density at radius 3 is 2.62 bits per heavy atom. The van der Waals surface area contributed by atoms with Crippen LogP contribution in [0.25, 0.3) is 0 Å². The third kappa shape index (κ3) is 1.29. The van der Waals surface area contributed by atoms with E-state index in [2.05, 4.69) is 15.9 Å². The molecule has 0 aromatic heterocycles. The van der Waals surface area contributed by atoms with E-state index in [9.17, 15) is 0 Å². The van der Waals surface area contributed by atoms with Gasteiger partial charge < -0.3 is 4.90 Å². The lowest BCUT2D eigenvalue weighted by Gasteiger charge is -2.11. The molecule has 1 aliphatic rings. The Morgan fingerprint density at radius 2 is 2.38 bits per heavy atom. The van der Waals surface area contributed by atoms with Crippen LogP contribution in [0.4, 0.5) is 0 Å². The van der Waals surface area contributed by atoms with E-state index in [-0.39, 0.29) is 0 Å². The number of rotatable bonds is 1. The van der Waals surface area contributed by atoms with Gasteiger partial charge in [-0.2, -0.15) is 0 Å². The molecule has 4 heteroatoms. The van der Waals surface area contributed by atoms with E-state index in [0.717, 1.165) is 12.1 Å². The minimum Gasteiger partial charge on any atom is -0.348 e. The lowest BCUT2D eigenvalue weighted by Crippen LogP contribution is -2.17. The fourth-order valence-corrected chi connectivity index (χ4v) is 1.03. The first-order chi connectivity index (χ1) is 3.83. The third-order valence-corrected chi connectivity index (χ3v) is 1.77. The van der Waals surface area contributed by atoms with Gasteiger partial charge in [0.2, 0.25) is 0 Å². The smallest absolute Gasteiger partial charge is 0.106 e. The van der Waals surface area contributed by atoms with Crippen molar-refractivity contribution in [2.45, 2.75) is 0 Å². The average Bonchev–Trinajstić information content (AvgIpc) is 2.14. The van der Waals surface area contributed by atoms with Crippen molar-refractivity contribution >= 4 is 27.7 Å². The summed E-state index contributed by atoms with van der Waals surface area (Å²) in [4.78, 5) is 2.03. The highest BCUT2D eigenvalue weighted by Crippen LogP contribution is 2.08. The summed E-state index contributed by atoms with van der Waals surface area (Å²) in [5.74, 6) is 0. The number of hydrogen-bond acceptors (Lipinski definition) is 2. The SMILES string of the molecule is ClN1C=CN(CBr)C1. The molecule has 0 N–H and O–H groups in total. The summed E-state index contributed by atoms with van der Waals surface area (Å²) in [6.07, 6.45) is 3.75. The fourth-order valence-electron chi connectivity index (χ4n) is 0.512. The summed E-state index contributed by atoms with van der Waals surface area (Å²) in [7, 11) is 0. The van der Waals surface area contributed by atoms with Gasteiger partial charge in [0.25, 0.3) is 0 Å². The molecule has 46 valence electrons. The summed E-state index contributed by atoms with van der Waals surface area (Å²) < 4.78 is 1.60. The molecule has 0 fully saturated rings. The van der Waals surface area contributed by atoms with Crippen LogP contribution in [0.5, 0.6) is 0 Å². The first-order valence-corrected chi connectivity index (χ1v) is 3.69. The van der Waals surface area contributed by atoms with Crippen LogP contribution < -0.4 is 0 Å². The normalized spacial score (nSPS) is 18.2. The van der Waals surface area contributed by atoms with E-state index in [1.54, 1.807) is 4.42 Å². The highest BCUT2D eigenvalue weighted by Gasteiger charge is 2.06. The zero-order valence-electron chi connectivity index (χ0n) is 4.22. The van der Waals surface area contributed by atoms with Gasteiger partial charge in [0.15, 0.2) is 0 Å². The summed E-state index contributed by atoms with van der Waals surface area (Å²) in [5, 5.41) is 0. The standard InChI is InChI=1S/C4H6BrClN2/c5-3-7-1-2-8(6)4-7/h1-2H,3-4H2. The maximum atomic E-state index is 5.57. The lowest BCUT2D eigenvalue weighted by molar-refractivity contribution is 0.393. The molecule has 2 nitrogen and oxygen atoms in total. The first kappa shape index (κ1) is 6.23. The summed E-state index contributed by atoms with van der Waals surface area (Å²) in [6, 6.07) is 0. The zero-order chi connectivity index (χ0) is 5.98. The van der Waals surface area contributed by atoms with Crippen LogP contribution >= 0.6 is 27.7 Å². The fraction of sp³-hybridized carbons (Fsp3) is 0.500. The highest BCUT2D eigenvalue weighted by molar-refractivity contribution is 9.09. The molecule has 0 spiro atoms.